The summed E-state index contributed by atoms with van der Waals surface area (Å²) in [6, 6.07) is 11.0. The Labute approximate surface area is 170 Å². The molecular formula is C22H18F3NO4. The highest BCUT2D eigenvalue weighted by Crippen LogP contribution is 2.33. The van der Waals surface area contributed by atoms with Gasteiger partial charge in [-0.15, -0.1) is 0 Å². The van der Waals surface area contributed by atoms with E-state index >= 15 is 0 Å². The summed E-state index contributed by atoms with van der Waals surface area (Å²) in [4.78, 5) is 28.0. The summed E-state index contributed by atoms with van der Waals surface area (Å²) < 4.78 is 43.7. The summed E-state index contributed by atoms with van der Waals surface area (Å²) >= 11 is 0. The molecule has 0 atom stereocenters. The summed E-state index contributed by atoms with van der Waals surface area (Å²) in [5, 5.41) is 10.7. The van der Waals surface area contributed by atoms with Crippen LogP contribution < -0.4 is 0 Å². The Morgan fingerprint density at radius 2 is 1.77 bits per heavy atom. The number of carbonyl (C=O) groups is 2. The van der Waals surface area contributed by atoms with Crippen LogP contribution in [0.2, 0.25) is 0 Å². The Morgan fingerprint density at radius 1 is 1.03 bits per heavy atom. The van der Waals surface area contributed by atoms with Crippen molar-refractivity contribution in [3.8, 4) is 16.9 Å². The first-order valence-electron chi connectivity index (χ1n) is 9.19. The predicted octanol–water partition coefficient (Wildman–Crippen LogP) is 5.15. The number of alkyl halides is 3. The second kappa shape index (κ2) is 8.52. The van der Waals surface area contributed by atoms with Gasteiger partial charge in [0.15, 0.2) is 5.78 Å². The van der Waals surface area contributed by atoms with E-state index in [1.807, 2.05) is 0 Å². The molecule has 0 bridgehead atoms. The van der Waals surface area contributed by atoms with Gasteiger partial charge < -0.3 is 9.84 Å². The molecule has 0 unspecified atom stereocenters. The highest BCUT2D eigenvalue weighted by atomic mass is 19.4. The number of pyridine rings is 1. The number of nitrogens with zero attached hydrogens (tertiary/aromatic N) is 1. The molecule has 0 spiro atoms. The lowest BCUT2D eigenvalue weighted by atomic mass is 10.0. The Hall–Kier alpha value is -3.42. The largest absolute Gasteiger partial charge is 0.506 e. The van der Waals surface area contributed by atoms with Gasteiger partial charge in [0.1, 0.15) is 11.4 Å². The molecule has 1 heterocycles. The first kappa shape index (κ1) is 21.3. The van der Waals surface area contributed by atoms with Crippen LogP contribution in [-0.4, -0.2) is 28.4 Å². The van der Waals surface area contributed by atoms with Gasteiger partial charge in [-0.05, 0) is 42.3 Å². The number of fused-ring (bicyclic) bond motifs is 1. The number of hydrogen-bond acceptors (Lipinski definition) is 5. The second-order valence-electron chi connectivity index (χ2n) is 6.57. The lowest BCUT2D eigenvalue weighted by Crippen LogP contribution is -2.09. The summed E-state index contributed by atoms with van der Waals surface area (Å²) in [7, 11) is 0. The van der Waals surface area contributed by atoms with E-state index in [0.717, 1.165) is 12.1 Å². The Bertz CT molecular complexity index is 1110. The van der Waals surface area contributed by atoms with Crippen LogP contribution in [0.1, 0.15) is 35.8 Å². The van der Waals surface area contributed by atoms with Crippen molar-refractivity contribution in [1.29, 1.82) is 0 Å². The number of Topliss-reactive ketones (excluding diaryl/α,β-unsaturated/α-hetero) is 1. The molecule has 0 aliphatic carbocycles. The van der Waals surface area contributed by atoms with Gasteiger partial charge in [-0.25, -0.2) is 4.98 Å². The van der Waals surface area contributed by atoms with E-state index < -0.39 is 23.5 Å². The first-order valence-corrected chi connectivity index (χ1v) is 9.19. The zero-order valence-corrected chi connectivity index (χ0v) is 16.0. The number of halogens is 3. The van der Waals surface area contributed by atoms with Crippen LogP contribution in [0.15, 0.2) is 48.5 Å². The maximum Gasteiger partial charge on any atom is 0.416 e. The molecule has 1 N–H and O–H groups in total. The van der Waals surface area contributed by atoms with Gasteiger partial charge in [0, 0.05) is 11.8 Å². The standard InChI is InChI=1S/C22H18F3NO4/c1-2-30-20(29)9-8-18(27)21-19(28)12-15-7-6-14(11-17(15)26-21)13-4-3-5-16(10-13)22(23,24)25/h3-7,10-12,28H,2,8-9H2,1H3. The molecule has 0 fully saturated rings. The fourth-order valence-electron chi connectivity index (χ4n) is 2.98. The van der Waals surface area contributed by atoms with Crippen molar-refractivity contribution in [3.63, 3.8) is 0 Å². The second-order valence-corrected chi connectivity index (χ2v) is 6.57. The van der Waals surface area contributed by atoms with Gasteiger partial charge in [-0.3, -0.25) is 9.59 Å². The van der Waals surface area contributed by atoms with Crippen molar-refractivity contribution < 1.29 is 32.6 Å². The van der Waals surface area contributed by atoms with E-state index in [1.165, 1.54) is 12.1 Å². The molecule has 30 heavy (non-hydrogen) atoms. The molecule has 8 heteroatoms. The molecule has 0 amide bonds. The number of hydrogen-bond donors (Lipinski definition) is 1. The van der Waals surface area contributed by atoms with Gasteiger partial charge >= 0.3 is 12.1 Å². The fraction of sp³-hybridized carbons (Fsp3) is 0.227. The fourth-order valence-corrected chi connectivity index (χ4v) is 2.98. The molecule has 0 aliphatic rings. The van der Waals surface area contributed by atoms with Crippen molar-refractivity contribution >= 4 is 22.7 Å². The zero-order chi connectivity index (χ0) is 21.9. The minimum Gasteiger partial charge on any atom is -0.506 e. The third-order valence-electron chi connectivity index (χ3n) is 4.45. The third-order valence-corrected chi connectivity index (χ3v) is 4.45. The van der Waals surface area contributed by atoms with Crippen LogP contribution in [-0.2, 0) is 15.7 Å². The molecule has 0 saturated carbocycles. The minimum atomic E-state index is -4.46. The average molecular weight is 417 g/mol. The van der Waals surface area contributed by atoms with Crippen molar-refractivity contribution in [1.82, 2.24) is 4.98 Å². The van der Waals surface area contributed by atoms with E-state index in [2.05, 4.69) is 4.98 Å². The van der Waals surface area contributed by atoms with Crippen LogP contribution in [0.5, 0.6) is 5.75 Å². The molecule has 0 aliphatic heterocycles. The highest BCUT2D eigenvalue weighted by molar-refractivity contribution is 6.00. The van der Waals surface area contributed by atoms with Crippen LogP contribution >= 0.6 is 0 Å². The SMILES string of the molecule is CCOC(=O)CCC(=O)c1nc2cc(-c3cccc(C(F)(F)F)c3)ccc2cc1O. The number of aromatic nitrogens is 1. The Kier molecular flexibility index (Phi) is 6.05. The molecule has 0 radical (unpaired) electrons. The van der Waals surface area contributed by atoms with Crippen molar-refractivity contribution in [2.24, 2.45) is 0 Å². The van der Waals surface area contributed by atoms with Crippen LogP contribution in [0, 0.1) is 0 Å². The number of benzene rings is 2. The van der Waals surface area contributed by atoms with E-state index in [4.69, 9.17) is 4.74 Å². The maximum atomic E-state index is 13.0. The quantitative estimate of drug-likeness (QED) is 0.443. The molecule has 3 rings (SSSR count). The summed E-state index contributed by atoms with van der Waals surface area (Å²) in [6.07, 6.45) is -4.79. The molecule has 1 aromatic heterocycles. The van der Waals surface area contributed by atoms with Crippen LogP contribution in [0.3, 0.4) is 0 Å². The number of esters is 1. The van der Waals surface area contributed by atoms with Gasteiger partial charge in [0.2, 0.25) is 0 Å². The van der Waals surface area contributed by atoms with Gasteiger partial charge in [0.25, 0.3) is 0 Å². The van der Waals surface area contributed by atoms with E-state index in [-0.39, 0.29) is 30.9 Å². The maximum absolute atomic E-state index is 13.0. The molecule has 3 aromatic rings. The van der Waals surface area contributed by atoms with Crippen molar-refractivity contribution in [2.45, 2.75) is 25.9 Å². The lowest BCUT2D eigenvalue weighted by Gasteiger charge is -2.10. The number of ether oxygens (including phenoxy) is 1. The molecule has 2 aromatic carbocycles. The van der Waals surface area contributed by atoms with Crippen molar-refractivity contribution in [3.05, 3.63) is 59.8 Å². The zero-order valence-electron chi connectivity index (χ0n) is 16.0. The van der Waals surface area contributed by atoms with E-state index in [1.54, 1.807) is 31.2 Å². The molecule has 156 valence electrons. The van der Waals surface area contributed by atoms with Gasteiger partial charge in [0.05, 0.1) is 24.1 Å². The number of aromatic hydroxyl groups is 1. The number of ketones is 1. The first-order chi connectivity index (χ1) is 14.2. The van der Waals surface area contributed by atoms with Gasteiger partial charge in [-0.2, -0.15) is 13.2 Å². The van der Waals surface area contributed by atoms with Crippen LogP contribution in [0.25, 0.3) is 22.0 Å². The average Bonchev–Trinajstić information content (AvgIpc) is 2.71. The molecule has 5 nitrogen and oxygen atoms in total. The van der Waals surface area contributed by atoms with Gasteiger partial charge in [-0.1, -0.05) is 24.3 Å². The van der Waals surface area contributed by atoms with E-state index in [0.29, 0.717) is 22.0 Å². The lowest BCUT2D eigenvalue weighted by molar-refractivity contribution is -0.143. The third kappa shape index (κ3) is 4.76. The van der Waals surface area contributed by atoms with Crippen molar-refractivity contribution in [2.75, 3.05) is 6.61 Å². The normalized spacial score (nSPS) is 11.5. The van der Waals surface area contributed by atoms with Crippen LogP contribution in [0.4, 0.5) is 13.2 Å². The Balaban J connectivity index is 1.94. The predicted molar refractivity (Wildman–Crippen MR) is 104 cm³/mol. The smallest absolute Gasteiger partial charge is 0.416 e. The number of carbonyl (C=O) groups excluding carboxylic acids is 2. The topological polar surface area (TPSA) is 76.5 Å². The summed E-state index contributed by atoms with van der Waals surface area (Å²) in [5.41, 5.74) is 0.192. The molecular weight excluding hydrogens is 399 g/mol. The highest BCUT2D eigenvalue weighted by Gasteiger charge is 2.30. The van der Waals surface area contributed by atoms with E-state index in [9.17, 15) is 27.9 Å². The molecule has 0 saturated heterocycles. The Morgan fingerprint density at radius 3 is 2.47 bits per heavy atom. The number of rotatable bonds is 6. The minimum absolute atomic E-state index is 0.143. The monoisotopic (exact) mass is 417 g/mol. The summed E-state index contributed by atoms with van der Waals surface area (Å²) in [5.74, 6) is -1.40. The summed E-state index contributed by atoms with van der Waals surface area (Å²) in [6.45, 7) is 1.85.